The van der Waals surface area contributed by atoms with Crippen LogP contribution >= 0.6 is 11.6 Å². The highest BCUT2D eigenvalue weighted by Gasteiger charge is 2.35. The SMILES string of the molecule is CCN(CC(=O)O)C1CC(NC(=O)c2ccc(Cl)cc2F)C1. The van der Waals surface area contributed by atoms with Crippen LogP contribution in [0.1, 0.15) is 30.1 Å². The molecule has 120 valence electrons. The summed E-state index contributed by atoms with van der Waals surface area (Å²) in [5.74, 6) is -1.99. The van der Waals surface area contributed by atoms with Gasteiger partial charge in [-0.05, 0) is 37.6 Å². The molecule has 1 aromatic rings. The van der Waals surface area contributed by atoms with Gasteiger partial charge in [-0.3, -0.25) is 14.5 Å². The van der Waals surface area contributed by atoms with Gasteiger partial charge >= 0.3 is 5.97 Å². The molecule has 1 amide bonds. The standard InChI is InChI=1S/C15H18ClFN2O3/c1-2-19(8-14(20)21)11-6-10(7-11)18-15(22)12-4-3-9(16)5-13(12)17/h3-5,10-11H,2,6-8H2,1H3,(H,18,22)(H,20,21). The third-order valence-electron chi connectivity index (χ3n) is 3.89. The maximum atomic E-state index is 13.7. The fourth-order valence-electron chi connectivity index (χ4n) is 2.61. The van der Waals surface area contributed by atoms with Gasteiger partial charge in [0.15, 0.2) is 0 Å². The summed E-state index contributed by atoms with van der Waals surface area (Å²) in [6.07, 6.45) is 1.34. The molecule has 0 bridgehead atoms. The van der Waals surface area contributed by atoms with E-state index in [-0.39, 0.29) is 29.2 Å². The lowest BCUT2D eigenvalue weighted by Gasteiger charge is -2.42. The summed E-state index contributed by atoms with van der Waals surface area (Å²) in [4.78, 5) is 24.6. The first-order valence-electron chi connectivity index (χ1n) is 7.12. The molecule has 7 heteroatoms. The van der Waals surface area contributed by atoms with Crippen LogP contribution < -0.4 is 5.32 Å². The van der Waals surface area contributed by atoms with Crippen molar-refractivity contribution in [2.75, 3.05) is 13.1 Å². The number of carboxylic acid groups (broad SMARTS) is 1. The quantitative estimate of drug-likeness (QED) is 0.839. The number of hydrogen-bond donors (Lipinski definition) is 2. The number of benzene rings is 1. The number of carboxylic acids is 1. The normalized spacial score (nSPS) is 20.5. The van der Waals surface area contributed by atoms with Gasteiger partial charge < -0.3 is 10.4 Å². The average molecular weight is 329 g/mol. The van der Waals surface area contributed by atoms with Crippen LogP contribution in [0.4, 0.5) is 4.39 Å². The first-order chi connectivity index (χ1) is 10.4. The van der Waals surface area contributed by atoms with E-state index in [4.69, 9.17) is 16.7 Å². The number of amides is 1. The lowest BCUT2D eigenvalue weighted by Crippen LogP contribution is -2.54. The van der Waals surface area contributed by atoms with Crippen LogP contribution in [0.15, 0.2) is 18.2 Å². The van der Waals surface area contributed by atoms with E-state index in [9.17, 15) is 14.0 Å². The summed E-state index contributed by atoms with van der Waals surface area (Å²) in [5, 5.41) is 11.8. The van der Waals surface area contributed by atoms with Crippen molar-refractivity contribution in [2.45, 2.75) is 31.8 Å². The first-order valence-corrected chi connectivity index (χ1v) is 7.50. The second-order valence-electron chi connectivity index (χ2n) is 5.38. The van der Waals surface area contributed by atoms with Crippen LogP contribution in [-0.2, 0) is 4.79 Å². The summed E-state index contributed by atoms with van der Waals surface area (Å²) in [5.41, 5.74) is -0.0364. The second-order valence-corrected chi connectivity index (χ2v) is 5.81. The van der Waals surface area contributed by atoms with E-state index in [1.165, 1.54) is 12.1 Å². The number of halogens is 2. The molecule has 0 unspecified atom stereocenters. The maximum Gasteiger partial charge on any atom is 0.317 e. The van der Waals surface area contributed by atoms with Gasteiger partial charge in [-0.15, -0.1) is 0 Å². The molecule has 1 saturated carbocycles. The minimum atomic E-state index is -0.863. The average Bonchev–Trinajstić information content (AvgIpc) is 2.39. The van der Waals surface area contributed by atoms with Gasteiger partial charge in [0.2, 0.25) is 0 Å². The van der Waals surface area contributed by atoms with Crippen molar-refractivity contribution in [3.8, 4) is 0 Å². The number of rotatable bonds is 6. The molecule has 0 spiro atoms. The van der Waals surface area contributed by atoms with E-state index in [2.05, 4.69) is 5.32 Å². The zero-order valence-corrected chi connectivity index (χ0v) is 12.9. The lowest BCUT2D eigenvalue weighted by atomic mass is 9.85. The number of carbonyl (C=O) groups excluding carboxylic acids is 1. The Morgan fingerprint density at radius 3 is 2.68 bits per heavy atom. The van der Waals surface area contributed by atoms with Crippen LogP contribution in [0.5, 0.6) is 0 Å². The number of nitrogens with zero attached hydrogens (tertiary/aromatic N) is 1. The van der Waals surface area contributed by atoms with Crippen LogP contribution in [0.3, 0.4) is 0 Å². The predicted octanol–water partition coefficient (Wildman–Crippen LogP) is 2.15. The van der Waals surface area contributed by atoms with E-state index >= 15 is 0 Å². The van der Waals surface area contributed by atoms with Crippen molar-refractivity contribution in [3.05, 3.63) is 34.6 Å². The third kappa shape index (κ3) is 3.96. The summed E-state index contributed by atoms with van der Waals surface area (Å²) < 4.78 is 13.7. The third-order valence-corrected chi connectivity index (χ3v) is 4.12. The first kappa shape index (κ1) is 16.7. The van der Waals surface area contributed by atoms with Gasteiger partial charge in [-0.2, -0.15) is 0 Å². The molecular formula is C15H18ClFN2O3. The summed E-state index contributed by atoms with van der Waals surface area (Å²) in [7, 11) is 0. The Labute approximate surface area is 133 Å². The number of carbonyl (C=O) groups is 2. The zero-order chi connectivity index (χ0) is 16.3. The molecule has 2 rings (SSSR count). The molecule has 1 aliphatic carbocycles. The molecule has 22 heavy (non-hydrogen) atoms. The van der Waals surface area contributed by atoms with Gasteiger partial charge in [0.1, 0.15) is 5.82 Å². The molecule has 1 aliphatic rings. The Hall–Kier alpha value is -1.66. The van der Waals surface area contributed by atoms with Crippen molar-refractivity contribution in [1.29, 1.82) is 0 Å². The van der Waals surface area contributed by atoms with E-state index < -0.39 is 17.7 Å². The summed E-state index contributed by atoms with van der Waals surface area (Å²) in [6, 6.07) is 4.00. The number of likely N-dealkylation sites (N-methyl/N-ethyl adjacent to an activating group) is 1. The molecule has 0 aliphatic heterocycles. The molecule has 1 aromatic carbocycles. The number of aliphatic carboxylic acids is 1. The summed E-state index contributed by atoms with van der Waals surface area (Å²) >= 11 is 5.65. The van der Waals surface area contributed by atoms with Crippen LogP contribution in [0.25, 0.3) is 0 Å². The monoisotopic (exact) mass is 328 g/mol. The fourth-order valence-corrected chi connectivity index (χ4v) is 2.77. The van der Waals surface area contributed by atoms with Gasteiger partial charge in [0.25, 0.3) is 5.91 Å². The van der Waals surface area contributed by atoms with Crippen molar-refractivity contribution < 1.29 is 19.1 Å². The predicted molar refractivity (Wildman–Crippen MR) is 80.6 cm³/mol. The Morgan fingerprint density at radius 2 is 2.14 bits per heavy atom. The van der Waals surface area contributed by atoms with Crippen LogP contribution in [0, 0.1) is 5.82 Å². The Morgan fingerprint density at radius 1 is 1.45 bits per heavy atom. The van der Waals surface area contributed by atoms with E-state index in [1.54, 1.807) is 0 Å². The fraction of sp³-hybridized carbons (Fsp3) is 0.467. The van der Waals surface area contributed by atoms with Crippen molar-refractivity contribution in [3.63, 3.8) is 0 Å². The second kappa shape index (κ2) is 7.07. The van der Waals surface area contributed by atoms with Gasteiger partial charge in [0.05, 0.1) is 12.1 Å². The summed E-state index contributed by atoms with van der Waals surface area (Å²) in [6.45, 7) is 2.54. The minimum Gasteiger partial charge on any atom is -0.480 e. The molecular weight excluding hydrogens is 311 g/mol. The molecule has 5 nitrogen and oxygen atoms in total. The van der Waals surface area contributed by atoms with Crippen molar-refractivity contribution >= 4 is 23.5 Å². The Kier molecular flexibility index (Phi) is 5.37. The number of nitrogens with one attached hydrogen (secondary N) is 1. The molecule has 0 atom stereocenters. The molecule has 0 radical (unpaired) electrons. The lowest BCUT2D eigenvalue weighted by molar-refractivity contribution is -0.139. The molecule has 2 N–H and O–H groups in total. The number of hydrogen-bond acceptors (Lipinski definition) is 3. The van der Waals surface area contributed by atoms with Gasteiger partial charge in [-0.25, -0.2) is 4.39 Å². The molecule has 0 saturated heterocycles. The highest BCUT2D eigenvalue weighted by molar-refractivity contribution is 6.30. The smallest absolute Gasteiger partial charge is 0.317 e. The minimum absolute atomic E-state index is 0.00630. The van der Waals surface area contributed by atoms with Gasteiger partial charge in [0, 0.05) is 17.1 Å². The van der Waals surface area contributed by atoms with E-state index in [0.717, 1.165) is 6.07 Å². The van der Waals surface area contributed by atoms with E-state index in [1.807, 2.05) is 11.8 Å². The highest BCUT2D eigenvalue weighted by atomic mass is 35.5. The van der Waals surface area contributed by atoms with Crippen molar-refractivity contribution in [2.24, 2.45) is 0 Å². The van der Waals surface area contributed by atoms with Crippen LogP contribution in [-0.4, -0.2) is 47.1 Å². The van der Waals surface area contributed by atoms with Crippen LogP contribution in [0.2, 0.25) is 5.02 Å². The van der Waals surface area contributed by atoms with E-state index in [0.29, 0.717) is 19.4 Å². The molecule has 0 aromatic heterocycles. The molecule has 0 heterocycles. The maximum absolute atomic E-state index is 13.7. The van der Waals surface area contributed by atoms with Crippen molar-refractivity contribution in [1.82, 2.24) is 10.2 Å². The Balaban J connectivity index is 1.86. The molecule has 1 fully saturated rings. The largest absolute Gasteiger partial charge is 0.480 e. The highest BCUT2D eigenvalue weighted by Crippen LogP contribution is 2.26. The van der Waals surface area contributed by atoms with Gasteiger partial charge in [-0.1, -0.05) is 18.5 Å². The zero-order valence-electron chi connectivity index (χ0n) is 12.2. The topological polar surface area (TPSA) is 69.6 Å². The Bertz CT molecular complexity index is 576.